The van der Waals surface area contributed by atoms with Gasteiger partial charge in [0.15, 0.2) is 6.61 Å². The summed E-state index contributed by atoms with van der Waals surface area (Å²) in [6, 6.07) is 8.84. The SMILES string of the molecule is Cc1cc(S(N)(=O)=O)ccc1NC(=O)COc1ccc(Cl)cc1N. The van der Waals surface area contributed by atoms with Crippen LogP contribution in [0.2, 0.25) is 5.02 Å². The van der Waals surface area contributed by atoms with Crippen LogP contribution < -0.4 is 20.9 Å². The van der Waals surface area contributed by atoms with Crippen molar-refractivity contribution in [2.24, 2.45) is 5.14 Å². The second-order valence-corrected chi connectivity index (χ2v) is 7.04. The van der Waals surface area contributed by atoms with Crippen LogP contribution in [0, 0.1) is 6.92 Å². The maximum Gasteiger partial charge on any atom is 0.262 e. The zero-order chi connectivity index (χ0) is 17.9. The third kappa shape index (κ3) is 4.60. The number of aryl methyl sites for hydroxylation is 1. The Balaban J connectivity index is 2.02. The Hall–Kier alpha value is -2.29. The van der Waals surface area contributed by atoms with Gasteiger partial charge in [0.1, 0.15) is 5.75 Å². The molecule has 128 valence electrons. The monoisotopic (exact) mass is 369 g/mol. The number of carbonyl (C=O) groups excluding carboxylic acids is 1. The molecule has 0 aliphatic heterocycles. The topological polar surface area (TPSA) is 125 Å². The summed E-state index contributed by atoms with van der Waals surface area (Å²) in [6.45, 7) is 1.39. The van der Waals surface area contributed by atoms with Gasteiger partial charge in [0, 0.05) is 10.7 Å². The quantitative estimate of drug-likeness (QED) is 0.694. The minimum Gasteiger partial charge on any atom is -0.482 e. The fourth-order valence-corrected chi connectivity index (χ4v) is 2.71. The molecule has 24 heavy (non-hydrogen) atoms. The highest BCUT2D eigenvalue weighted by Gasteiger charge is 2.12. The van der Waals surface area contributed by atoms with Crippen molar-refractivity contribution >= 4 is 38.9 Å². The van der Waals surface area contributed by atoms with Gasteiger partial charge in [-0.15, -0.1) is 0 Å². The number of nitrogens with one attached hydrogen (secondary N) is 1. The fourth-order valence-electron chi connectivity index (χ4n) is 1.93. The number of carbonyl (C=O) groups is 1. The lowest BCUT2D eigenvalue weighted by Crippen LogP contribution is -2.21. The van der Waals surface area contributed by atoms with Crippen molar-refractivity contribution in [2.45, 2.75) is 11.8 Å². The number of nitrogens with two attached hydrogens (primary N) is 2. The van der Waals surface area contributed by atoms with E-state index >= 15 is 0 Å². The molecule has 0 unspecified atom stereocenters. The third-order valence-electron chi connectivity index (χ3n) is 3.13. The largest absolute Gasteiger partial charge is 0.482 e. The number of amides is 1. The Morgan fingerprint density at radius 1 is 1.25 bits per heavy atom. The van der Waals surface area contributed by atoms with Gasteiger partial charge in [0.05, 0.1) is 10.6 Å². The lowest BCUT2D eigenvalue weighted by atomic mass is 10.2. The number of benzene rings is 2. The Morgan fingerprint density at radius 2 is 1.96 bits per heavy atom. The molecule has 9 heteroatoms. The average molecular weight is 370 g/mol. The Morgan fingerprint density at radius 3 is 2.54 bits per heavy atom. The number of halogens is 1. The highest BCUT2D eigenvalue weighted by Crippen LogP contribution is 2.25. The van der Waals surface area contributed by atoms with Crippen LogP contribution in [0.3, 0.4) is 0 Å². The van der Waals surface area contributed by atoms with Gasteiger partial charge in [-0.2, -0.15) is 0 Å². The summed E-state index contributed by atoms with van der Waals surface area (Å²) in [7, 11) is -3.79. The van der Waals surface area contributed by atoms with Crippen molar-refractivity contribution in [2.75, 3.05) is 17.7 Å². The average Bonchev–Trinajstić information content (AvgIpc) is 2.47. The molecule has 0 spiro atoms. The molecule has 7 nitrogen and oxygen atoms in total. The minimum atomic E-state index is -3.79. The first-order valence-corrected chi connectivity index (χ1v) is 8.70. The number of sulfonamides is 1. The van der Waals surface area contributed by atoms with E-state index < -0.39 is 15.9 Å². The third-order valence-corrected chi connectivity index (χ3v) is 4.28. The number of primary sulfonamides is 1. The number of hydrogen-bond donors (Lipinski definition) is 3. The first-order chi connectivity index (χ1) is 11.2. The zero-order valence-electron chi connectivity index (χ0n) is 12.7. The Kier molecular flexibility index (Phi) is 5.33. The van der Waals surface area contributed by atoms with Crippen molar-refractivity contribution in [3.63, 3.8) is 0 Å². The van der Waals surface area contributed by atoms with Crippen LogP contribution in [0.1, 0.15) is 5.56 Å². The summed E-state index contributed by atoms with van der Waals surface area (Å²) in [5.41, 5.74) is 7.07. The van der Waals surface area contributed by atoms with Gasteiger partial charge in [-0.25, -0.2) is 13.6 Å². The molecule has 0 fully saturated rings. The number of anilines is 2. The van der Waals surface area contributed by atoms with Crippen LogP contribution in [0.25, 0.3) is 0 Å². The normalized spacial score (nSPS) is 11.1. The van der Waals surface area contributed by atoms with E-state index in [0.717, 1.165) is 0 Å². The standard InChI is InChI=1S/C15H16ClN3O4S/c1-9-6-11(24(18,21)22)3-4-13(9)19-15(20)8-23-14-5-2-10(16)7-12(14)17/h2-7H,8,17H2,1H3,(H,19,20)(H2,18,21,22). The van der Waals surface area contributed by atoms with Gasteiger partial charge in [-0.1, -0.05) is 11.6 Å². The van der Waals surface area contributed by atoms with Gasteiger partial charge < -0.3 is 15.8 Å². The highest BCUT2D eigenvalue weighted by atomic mass is 35.5. The Bertz CT molecular complexity index is 884. The van der Waals surface area contributed by atoms with E-state index in [4.69, 9.17) is 27.2 Å². The summed E-state index contributed by atoms with van der Waals surface area (Å²) in [6.07, 6.45) is 0. The molecule has 1 amide bonds. The van der Waals surface area contributed by atoms with Crippen LogP contribution in [0.5, 0.6) is 5.75 Å². The smallest absolute Gasteiger partial charge is 0.262 e. The molecule has 2 aromatic carbocycles. The van der Waals surface area contributed by atoms with Crippen LogP contribution in [0.15, 0.2) is 41.3 Å². The van der Waals surface area contributed by atoms with Crippen LogP contribution in [-0.4, -0.2) is 20.9 Å². The molecule has 0 atom stereocenters. The summed E-state index contributed by atoms with van der Waals surface area (Å²) in [5.74, 6) is -0.0772. The molecule has 2 rings (SSSR count). The van der Waals surface area contributed by atoms with Crippen molar-refractivity contribution in [3.8, 4) is 5.75 Å². The predicted octanol–water partition coefficient (Wildman–Crippen LogP) is 1.90. The van der Waals surface area contributed by atoms with Crippen molar-refractivity contribution in [1.29, 1.82) is 0 Å². The lowest BCUT2D eigenvalue weighted by molar-refractivity contribution is -0.118. The molecule has 0 radical (unpaired) electrons. The number of hydrogen-bond acceptors (Lipinski definition) is 5. The van der Waals surface area contributed by atoms with E-state index in [1.165, 1.54) is 24.3 Å². The fraction of sp³-hybridized carbons (Fsp3) is 0.133. The second-order valence-electron chi connectivity index (χ2n) is 5.04. The molecule has 2 aromatic rings. The zero-order valence-corrected chi connectivity index (χ0v) is 14.3. The molecule has 0 bridgehead atoms. The number of rotatable bonds is 5. The summed E-state index contributed by atoms with van der Waals surface area (Å²) < 4.78 is 27.9. The molecular weight excluding hydrogens is 354 g/mol. The van der Waals surface area contributed by atoms with Gasteiger partial charge in [0.2, 0.25) is 10.0 Å². The van der Waals surface area contributed by atoms with Gasteiger partial charge in [0.25, 0.3) is 5.91 Å². The molecule has 0 heterocycles. The van der Waals surface area contributed by atoms with E-state index in [-0.39, 0.29) is 11.5 Å². The molecule has 0 saturated carbocycles. The van der Waals surface area contributed by atoms with Gasteiger partial charge >= 0.3 is 0 Å². The van der Waals surface area contributed by atoms with Gasteiger partial charge in [-0.05, 0) is 48.9 Å². The first-order valence-electron chi connectivity index (χ1n) is 6.78. The van der Waals surface area contributed by atoms with E-state index in [9.17, 15) is 13.2 Å². The molecule has 0 saturated heterocycles. The predicted molar refractivity (Wildman–Crippen MR) is 92.5 cm³/mol. The maximum atomic E-state index is 12.0. The van der Waals surface area contributed by atoms with E-state index in [1.54, 1.807) is 19.1 Å². The number of nitrogen functional groups attached to an aromatic ring is 1. The van der Waals surface area contributed by atoms with E-state index in [1.807, 2.05) is 0 Å². The minimum absolute atomic E-state index is 0.0248. The molecular formula is C15H16ClN3O4S. The summed E-state index contributed by atoms with van der Waals surface area (Å²) >= 11 is 5.78. The van der Waals surface area contributed by atoms with Crippen LogP contribution in [0.4, 0.5) is 11.4 Å². The molecule has 0 aliphatic rings. The van der Waals surface area contributed by atoms with E-state index in [2.05, 4.69) is 5.32 Å². The second kappa shape index (κ2) is 7.08. The van der Waals surface area contributed by atoms with Crippen molar-refractivity contribution in [3.05, 3.63) is 47.0 Å². The molecule has 5 N–H and O–H groups in total. The van der Waals surface area contributed by atoms with Gasteiger partial charge in [-0.3, -0.25) is 4.79 Å². The van der Waals surface area contributed by atoms with Crippen molar-refractivity contribution < 1.29 is 17.9 Å². The first kappa shape index (κ1) is 18.1. The van der Waals surface area contributed by atoms with Crippen LogP contribution in [-0.2, 0) is 14.8 Å². The molecule has 0 aromatic heterocycles. The Labute approximate surface area is 144 Å². The maximum absolute atomic E-state index is 12.0. The molecule has 0 aliphatic carbocycles. The lowest BCUT2D eigenvalue weighted by Gasteiger charge is -2.11. The summed E-state index contributed by atoms with van der Waals surface area (Å²) in [5, 5.41) is 8.15. The van der Waals surface area contributed by atoms with Crippen LogP contribution >= 0.6 is 11.6 Å². The highest BCUT2D eigenvalue weighted by molar-refractivity contribution is 7.89. The van der Waals surface area contributed by atoms with Crippen molar-refractivity contribution in [1.82, 2.24) is 0 Å². The summed E-state index contributed by atoms with van der Waals surface area (Å²) in [4.78, 5) is 11.9. The number of ether oxygens (including phenoxy) is 1. The van der Waals surface area contributed by atoms with E-state index in [0.29, 0.717) is 27.7 Å².